The highest BCUT2D eigenvalue weighted by Crippen LogP contribution is 2.17. The fourth-order valence-corrected chi connectivity index (χ4v) is 2.14. The lowest BCUT2D eigenvalue weighted by molar-refractivity contribution is 0.103. The van der Waals surface area contributed by atoms with Crippen molar-refractivity contribution in [2.24, 2.45) is 5.73 Å². The van der Waals surface area contributed by atoms with E-state index in [0.29, 0.717) is 23.7 Å². The summed E-state index contributed by atoms with van der Waals surface area (Å²) < 4.78 is 1.58. The number of nitrogens with two attached hydrogens (primary N) is 1. The zero-order valence-electron chi connectivity index (χ0n) is 8.88. The Kier molecular flexibility index (Phi) is 3.12. The van der Waals surface area contributed by atoms with E-state index in [1.165, 1.54) is 11.3 Å². The Hall–Kier alpha value is -1.53. The topological polar surface area (TPSA) is 73.8 Å². The van der Waals surface area contributed by atoms with Crippen molar-refractivity contribution >= 4 is 17.1 Å². The maximum Gasteiger partial charge on any atom is 0.224 e. The van der Waals surface area contributed by atoms with Gasteiger partial charge in [-0.05, 0) is 19.1 Å². The van der Waals surface area contributed by atoms with Crippen LogP contribution in [0.2, 0.25) is 0 Å². The molecule has 0 saturated heterocycles. The largest absolute Gasteiger partial charge is 0.329 e. The van der Waals surface area contributed by atoms with Crippen LogP contribution in [-0.4, -0.2) is 27.3 Å². The average molecular weight is 236 g/mol. The summed E-state index contributed by atoms with van der Waals surface area (Å²) in [6.07, 6.45) is 1.63. The molecule has 0 amide bonds. The SMILES string of the molecule is Cc1ccc(C(=O)c2cn(CCN)nn2)s1. The number of rotatable bonds is 4. The molecule has 2 rings (SSSR count). The lowest BCUT2D eigenvalue weighted by Gasteiger charge is -1.93. The van der Waals surface area contributed by atoms with Crippen LogP contribution in [0.4, 0.5) is 0 Å². The molecule has 2 aromatic heterocycles. The molecule has 0 saturated carbocycles. The van der Waals surface area contributed by atoms with Crippen LogP contribution in [0.1, 0.15) is 20.2 Å². The fraction of sp³-hybridized carbons (Fsp3) is 0.300. The van der Waals surface area contributed by atoms with E-state index in [-0.39, 0.29) is 5.78 Å². The molecule has 2 aromatic rings. The van der Waals surface area contributed by atoms with Crippen molar-refractivity contribution in [2.45, 2.75) is 13.5 Å². The minimum absolute atomic E-state index is 0.0821. The zero-order valence-corrected chi connectivity index (χ0v) is 9.70. The maximum atomic E-state index is 11.9. The minimum Gasteiger partial charge on any atom is -0.329 e. The number of nitrogens with zero attached hydrogens (tertiary/aromatic N) is 3. The molecule has 0 fully saturated rings. The van der Waals surface area contributed by atoms with E-state index in [4.69, 9.17) is 5.73 Å². The normalized spacial score (nSPS) is 10.6. The second kappa shape index (κ2) is 4.54. The van der Waals surface area contributed by atoms with Gasteiger partial charge in [-0.2, -0.15) is 0 Å². The lowest BCUT2D eigenvalue weighted by Crippen LogP contribution is -2.10. The molecule has 0 aliphatic carbocycles. The summed E-state index contributed by atoms with van der Waals surface area (Å²) in [4.78, 5) is 13.7. The smallest absolute Gasteiger partial charge is 0.224 e. The van der Waals surface area contributed by atoms with Gasteiger partial charge in [-0.15, -0.1) is 16.4 Å². The number of carbonyl (C=O) groups is 1. The van der Waals surface area contributed by atoms with Crippen LogP contribution in [0, 0.1) is 6.92 Å². The van der Waals surface area contributed by atoms with Crippen LogP contribution < -0.4 is 5.73 Å². The van der Waals surface area contributed by atoms with Gasteiger partial charge in [-0.1, -0.05) is 5.21 Å². The molecule has 0 atom stereocenters. The van der Waals surface area contributed by atoms with Gasteiger partial charge in [-0.25, -0.2) is 0 Å². The number of hydrogen-bond donors (Lipinski definition) is 1. The lowest BCUT2D eigenvalue weighted by atomic mass is 10.2. The summed E-state index contributed by atoms with van der Waals surface area (Å²) >= 11 is 1.46. The van der Waals surface area contributed by atoms with Crippen molar-refractivity contribution < 1.29 is 4.79 Å². The molecule has 2 N–H and O–H groups in total. The van der Waals surface area contributed by atoms with Crippen molar-refractivity contribution in [3.05, 3.63) is 33.8 Å². The molecule has 0 radical (unpaired) electrons. The summed E-state index contributed by atoms with van der Waals surface area (Å²) in [5, 5.41) is 7.66. The van der Waals surface area contributed by atoms with Gasteiger partial charge in [0.15, 0.2) is 5.69 Å². The Labute approximate surface area is 96.9 Å². The maximum absolute atomic E-state index is 11.9. The second-order valence-corrected chi connectivity index (χ2v) is 4.68. The van der Waals surface area contributed by atoms with Crippen molar-refractivity contribution in [3.8, 4) is 0 Å². The molecule has 0 aliphatic rings. The Bertz CT molecular complexity index is 502. The highest BCUT2D eigenvalue weighted by molar-refractivity contribution is 7.14. The van der Waals surface area contributed by atoms with Crippen LogP contribution in [0.5, 0.6) is 0 Å². The molecule has 16 heavy (non-hydrogen) atoms. The van der Waals surface area contributed by atoms with E-state index in [0.717, 1.165) is 4.88 Å². The van der Waals surface area contributed by atoms with Crippen LogP contribution in [0.15, 0.2) is 18.3 Å². The summed E-state index contributed by atoms with van der Waals surface area (Å²) in [5.41, 5.74) is 5.76. The van der Waals surface area contributed by atoms with E-state index >= 15 is 0 Å². The van der Waals surface area contributed by atoms with Gasteiger partial charge >= 0.3 is 0 Å². The van der Waals surface area contributed by atoms with E-state index in [1.807, 2.05) is 19.1 Å². The number of ketones is 1. The molecule has 5 nitrogen and oxygen atoms in total. The summed E-state index contributed by atoms with van der Waals surface area (Å²) in [5.74, 6) is -0.0821. The van der Waals surface area contributed by atoms with Gasteiger partial charge in [-0.3, -0.25) is 9.48 Å². The third-order valence-corrected chi connectivity index (χ3v) is 3.09. The first kappa shape index (κ1) is 11.0. The van der Waals surface area contributed by atoms with E-state index in [2.05, 4.69) is 10.3 Å². The predicted molar refractivity (Wildman–Crippen MR) is 61.6 cm³/mol. The number of thiophene rings is 1. The van der Waals surface area contributed by atoms with Crippen molar-refractivity contribution in [2.75, 3.05) is 6.54 Å². The molecule has 0 spiro atoms. The zero-order chi connectivity index (χ0) is 11.5. The Morgan fingerprint density at radius 1 is 1.56 bits per heavy atom. The first-order valence-corrected chi connectivity index (χ1v) is 5.73. The molecule has 0 unspecified atom stereocenters. The third-order valence-electron chi connectivity index (χ3n) is 2.09. The van der Waals surface area contributed by atoms with Gasteiger partial charge < -0.3 is 5.73 Å². The Morgan fingerprint density at radius 2 is 2.38 bits per heavy atom. The van der Waals surface area contributed by atoms with Crippen LogP contribution in [0.3, 0.4) is 0 Å². The fourth-order valence-electron chi connectivity index (χ4n) is 1.33. The molecule has 6 heteroatoms. The first-order chi connectivity index (χ1) is 7.70. The number of aryl methyl sites for hydroxylation is 1. The standard InChI is InChI=1S/C10H12N4OS/c1-7-2-3-9(16-7)10(15)8-6-14(5-4-11)13-12-8/h2-3,6H,4-5,11H2,1H3. The van der Waals surface area contributed by atoms with Gasteiger partial charge in [0.2, 0.25) is 5.78 Å². The predicted octanol–water partition coefficient (Wildman–Crippen LogP) is 0.838. The van der Waals surface area contributed by atoms with E-state index in [1.54, 1.807) is 10.9 Å². The summed E-state index contributed by atoms with van der Waals surface area (Å²) in [6.45, 7) is 3.02. The second-order valence-electron chi connectivity index (χ2n) is 3.39. The van der Waals surface area contributed by atoms with Gasteiger partial charge in [0.1, 0.15) is 0 Å². The number of aromatic nitrogens is 3. The van der Waals surface area contributed by atoms with Crippen molar-refractivity contribution in [1.82, 2.24) is 15.0 Å². The van der Waals surface area contributed by atoms with Crippen molar-refractivity contribution in [1.29, 1.82) is 0 Å². The highest BCUT2D eigenvalue weighted by Gasteiger charge is 2.14. The minimum atomic E-state index is -0.0821. The molecule has 0 bridgehead atoms. The van der Waals surface area contributed by atoms with Crippen LogP contribution >= 0.6 is 11.3 Å². The molecular weight excluding hydrogens is 224 g/mol. The highest BCUT2D eigenvalue weighted by atomic mass is 32.1. The number of carbonyl (C=O) groups excluding carboxylic acids is 1. The van der Waals surface area contributed by atoms with Gasteiger partial charge in [0.25, 0.3) is 0 Å². The van der Waals surface area contributed by atoms with Crippen LogP contribution in [0.25, 0.3) is 0 Å². The molecule has 0 aliphatic heterocycles. The summed E-state index contributed by atoms with van der Waals surface area (Å²) in [7, 11) is 0. The molecule has 0 aromatic carbocycles. The van der Waals surface area contributed by atoms with E-state index in [9.17, 15) is 4.79 Å². The van der Waals surface area contributed by atoms with Crippen molar-refractivity contribution in [3.63, 3.8) is 0 Å². The van der Waals surface area contributed by atoms with Crippen LogP contribution in [-0.2, 0) is 6.54 Å². The van der Waals surface area contributed by atoms with E-state index < -0.39 is 0 Å². The molecular formula is C10H12N4OS. The Balaban J connectivity index is 2.20. The van der Waals surface area contributed by atoms with Gasteiger partial charge in [0, 0.05) is 11.4 Å². The van der Waals surface area contributed by atoms with Gasteiger partial charge in [0.05, 0.1) is 17.6 Å². The quantitative estimate of drug-likeness (QED) is 0.798. The first-order valence-electron chi connectivity index (χ1n) is 4.92. The Morgan fingerprint density at radius 3 is 3.00 bits per heavy atom. The molecule has 84 valence electrons. The summed E-state index contributed by atoms with van der Waals surface area (Å²) in [6, 6.07) is 3.73. The third kappa shape index (κ3) is 2.17. The number of hydrogen-bond acceptors (Lipinski definition) is 5. The average Bonchev–Trinajstić information content (AvgIpc) is 2.87. The molecule has 2 heterocycles. The monoisotopic (exact) mass is 236 g/mol.